The van der Waals surface area contributed by atoms with E-state index < -0.39 is 0 Å². The summed E-state index contributed by atoms with van der Waals surface area (Å²) < 4.78 is 4.18. The lowest BCUT2D eigenvalue weighted by Crippen LogP contribution is -2.04. The fourth-order valence-electron chi connectivity index (χ4n) is 2.27. The summed E-state index contributed by atoms with van der Waals surface area (Å²) in [6.07, 6.45) is 3.91. The molecule has 0 saturated heterocycles. The van der Waals surface area contributed by atoms with Crippen LogP contribution in [0.5, 0.6) is 0 Å². The average molecular weight is 289 g/mol. The highest BCUT2D eigenvalue weighted by Gasteiger charge is 2.12. The number of aryl methyl sites for hydroxylation is 2. The number of nitrogens with zero attached hydrogens (tertiary/aromatic N) is 4. The van der Waals surface area contributed by atoms with E-state index >= 15 is 0 Å². The van der Waals surface area contributed by atoms with Gasteiger partial charge in [-0.1, -0.05) is 0 Å². The number of hydrogen-bond acceptors (Lipinski definition) is 4. The fraction of sp³-hybridized carbons (Fsp3) is 0.429. The van der Waals surface area contributed by atoms with E-state index in [1.807, 2.05) is 17.1 Å². The Balaban J connectivity index is 1.82. The van der Waals surface area contributed by atoms with Gasteiger partial charge in [0.2, 0.25) is 0 Å². The molecule has 6 heteroatoms. The van der Waals surface area contributed by atoms with E-state index in [1.165, 1.54) is 11.4 Å². The zero-order valence-electron chi connectivity index (χ0n) is 12.2. The Hall–Kier alpha value is -1.82. The summed E-state index contributed by atoms with van der Waals surface area (Å²) in [6.45, 7) is 9.18. The summed E-state index contributed by atoms with van der Waals surface area (Å²) >= 11 is 1.69. The third kappa shape index (κ3) is 2.20. The van der Waals surface area contributed by atoms with Crippen LogP contribution in [0.2, 0.25) is 0 Å². The number of hydrogen-bond donors (Lipinski definition) is 1. The van der Waals surface area contributed by atoms with Gasteiger partial charge in [-0.15, -0.1) is 11.3 Å². The molecule has 0 amide bonds. The maximum Gasteiger partial charge on any atom is 0.194 e. The van der Waals surface area contributed by atoms with Crippen LogP contribution < -0.4 is 5.32 Å². The SMILES string of the molecule is Cc1nc2scc(C)n2c1CNc1cnn(C(C)C)c1. The summed E-state index contributed by atoms with van der Waals surface area (Å²) in [7, 11) is 0. The van der Waals surface area contributed by atoms with Crippen molar-refractivity contribution in [2.75, 3.05) is 5.32 Å². The Morgan fingerprint density at radius 3 is 2.85 bits per heavy atom. The summed E-state index contributed by atoms with van der Waals surface area (Å²) in [4.78, 5) is 5.66. The van der Waals surface area contributed by atoms with Gasteiger partial charge in [-0.3, -0.25) is 9.08 Å². The molecule has 3 aromatic rings. The Morgan fingerprint density at radius 2 is 2.15 bits per heavy atom. The predicted octanol–water partition coefficient (Wildman–Crippen LogP) is 3.40. The van der Waals surface area contributed by atoms with Crippen LogP contribution in [0.25, 0.3) is 4.96 Å². The lowest BCUT2D eigenvalue weighted by Gasteiger charge is -2.06. The van der Waals surface area contributed by atoms with Gasteiger partial charge in [-0.05, 0) is 27.7 Å². The summed E-state index contributed by atoms with van der Waals surface area (Å²) in [5.41, 5.74) is 4.58. The van der Waals surface area contributed by atoms with Crippen LogP contribution >= 0.6 is 11.3 Å². The molecule has 20 heavy (non-hydrogen) atoms. The molecule has 106 valence electrons. The number of anilines is 1. The molecule has 0 radical (unpaired) electrons. The molecule has 0 unspecified atom stereocenters. The number of fused-ring (bicyclic) bond motifs is 1. The van der Waals surface area contributed by atoms with E-state index in [2.05, 4.69) is 52.9 Å². The first-order chi connectivity index (χ1) is 9.56. The Morgan fingerprint density at radius 1 is 1.35 bits per heavy atom. The number of thiazole rings is 1. The summed E-state index contributed by atoms with van der Waals surface area (Å²) in [6, 6.07) is 0.382. The lowest BCUT2D eigenvalue weighted by molar-refractivity contribution is 0.532. The standard InChI is InChI=1S/C14H19N5S/c1-9(2)18-7-12(5-16-18)15-6-13-11(4)17-14-19(13)10(3)8-20-14/h5,7-9,15H,6H2,1-4H3. The molecule has 0 fully saturated rings. The van der Waals surface area contributed by atoms with Crippen molar-refractivity contribution in [1.29, 1.82) is 0 Å². The predicted molar refractivity (Wildman–Crippen MR) is 82.5 cm³/mol. The van der Waals surface area contributed by atoms with Crippen LogP contribution in [0.3, 0.4) is 0 Å². The minimum absolute atomic E-state index is 0.382. The number of rotatable bonds is 4. The second-order valence-electron chi connectivity index (χ2n) is 5.30. The quantitative estimate of drug-likeness (QED) is 0.800. The molecular weight excluding hydrogens is 270 g/mol. The highest BCUT2D eigenvalue weighted by molar-refractivity contribution is 7.15. The van der Waals surface area contributed by atoms with Crippen molar-refractivity contribution in [3.63, 3.8) is 0 Å². The van der Waals surface area contributed by atoms with Crippen molar-refractivity contribution in [2.24, 2.45) is 0 Å². The van der Waals surface area contributed by atoms with Crippen LogP contribution in [0, 0.1) is 13.8 Å². The van der Waals surface area contributed by atoms with Crippen LogP contribution in [-0.4, -0.2) is 19.2 Å². The van der Waals surface area contributed by atoms with Crippen LogP contribution in [-0.2, 0) is 6.54 Å². The molecule has 0 aliphatic carbocycles. The number of aromatic nitrogens is 4. The smallest absolute Gasteiger partial charge is 0.194 e. The lowest BCUT2D eigenvalue weighted by atomic mass is 10.3. The second-order valence-corrected chi connectivity index (χ2v) is 6.13. The molecule has 3 aromatic heterocycles. The van der Waals surface area contributed by atoms with Gasteiger partial charge in [-0.2, -0.15) is 5.10 Å². The molecular formula is C14H19N5S. The molecule has 0 aliphatic rings. The third-order valence-corrected chi connectivity index (χ3v) is 4.36. The number of imidazole rings is 1. The van der Waals surface area contributed by atoms with E-state index in [-0.39, 0.29) is 0 Å². The van der Waals surface area contributed by atoms with E-state index in [0.29, 0.717) is 6.04 Å². The minimum atomic E-state index is 0.382. The molecule has 3 rings (SSSR count). The Bertz CT molecular complexity index is 734. The molecule has 5 nitrogen and oxygen atoms in total. The van der Waals surface area contributed by atoms with Gasteiger partial charge in [0.05, 0.1) is 29.8 Å². The van der Waals surface area contributed by atoms with Gasteiger partial charge in [0.25, 0.3) is 0 Å². The summed E-state index contributed by atoms with van der Waals surface area (Å²) in [5.74, 6) is 0. The average Bonchev–Trinajstić information content (AvgIpc) is 3.06. The maximum atomic E-state index is 4.60. The monoisotopic (exact) mass is 289 g/mol. The van der Waals surface area contributed by atoms with Crippen LogP contribution in [0.1, 0.15) is 37.0 Å². The van der Waals surface area contributed by atoms with Gasteiger partial charge in [-0.25, -0.2) is 4.98 Å². The molecule has 3 heterocycles. The topological polar surface area (TPSA) is 47.1 Å². The van der Waals surface area contributed by atoms with Crippen molar-refractivity contribution >= 4 is 22.0 Å². The zero-order valence-corrected chi connectivity index (χ0v) is 13.0. The van der Waals surface area contributed by atoms with Crippen molar-refractivity contribution in [3.8, 4) is 0 Å². The molecule has 0 spiro atoms. The zero-order chi connectivity index (χ0) is 14.3. The molecule has 0 aliphatic heterocycles. The Kier molecular flexibility index (Phi) is 3.25. The van der Waals surface area contributed by atoms with Gasteiger partial charge in [0, 0.05) is 23.3 Å². The Labute approximate surface area is 122 Å². The normalized spacial score (nSPS) is 11.7. The second kappa shape index (κ2) is 4.94. The van der Waals surface area contributed by atoms with E-state index in [4.69, 9.17) is 0 Å². The van der Waals surface area contributed by atoms with Crippen molar-refractivity contribution in [1.82, 2.24) is 19.2 Å². The van der Waals surface area contributed by atoms with E-state index in [1.54, 1.807) is 11.3 Å². The fourth-order valence-corrected chi connectivity index (χ4v) is 3.20. The van der Waals surface area contributed by atoms with Crippen LogP contribution in [0.15, 0.2) is 17.8 Å². The van der Waals surface area contributed by atoms with E-state index in [9.17, 15) is 0 Å². The first-order valence-corrected chi connectivity index (χ1v) is 7.64. The molecule has 0 bridgehead atoms. The van der Waals surface area contributed by atoms with E-state index in [0.717, 1.165) is 22.9 Å². The van der Waals surface area contributed by atoms with Crippen molar-refractivity contribution in [2.45, 2.75) is 40.3 Å². The van der Waals surface area contributed by atoms with Gasteiger partial charge in [0.1, 0.15) is 0 Å². The maximum absolute atomic E-state index is 4.60. The van der Waals surface area contributed by atoms with Crippen molar-refractivity contribution < 1.29 is 0 Å². The highest BCUT2D eigenvalue weighted by Crippen LogP contribution is 2.21. The highest BCUT2D eigenvalue weighted by atomic mass is 32.1. The largest absolute Gasteiger partial charge is 0.377 e. The molecule has 0 atom stereocenters. The molecule has 0 aromatic carbocycles. The first kappa shape index (κ1) is 13.2. The van der Waals surface area contributed by atoms with Gasteiger partial charge in [0.15, 0.2) is 4.96 Å². The first-order valence-electron chi connectivity index (χ1n) is 6.76. The number of nitrogens with one attached hydrogen (secondary N) is 1. The molecule has 0 saturated carbocycles. The van der Waals surface area contributed by atoms with Gasteiger partial charge < -0.3 is 5.32 Å². The van der Waals surface area contributed by atoms with Crippen LogP contribution in [0.4, 0.5) is 5.69 Å². The van der Waals surface area contributed by atoms with Gasteiger partial charge >= 0.3 is 0 Å². The summed E-state index contributed by atoms with van der Waals surface area (Å²) in [5, 5.41) is 9.92. The minimum Gasteiger partial charge on any atom is -0.377 e. The third-order valence-electron chi connectivity index (χ3n) is 3.42. The molecule has 1 N–H and O–H groups in total. The van der Waals surface area contributed by atoms with Crippen molar-refractivity contribution in [3.05, 3.63) is 34.9 Å².